The maximum absolute atomic E-state index is 5.79. The van der Waals surface area contributed by atoms with E-state index in [1.807, 2.05) is 6.92 Å². The normalized spacial score (nSPS) is 12.9. The molecule has 2 heterocycles. The van der Waals surface area contributed by atoms with E-state index in [4.69, 9.17) is 5.73 Å². The fourth-order valence-corrected chi connectivity index (χ4v) is 2.79. The monoisotopic (exact) mass is 249 g/mol. The van der Waals surface area contributed by atoms with Crippen molar-refractivity contribution in [3.8, 4) is 0 Å². The summed E-state index contributed by atoms with van der Waals surface area (Å²) >= 11 is 1.78. The van der Waals surface area contributed by atoms with Crippen LogP contribution >= 0.6 is 11.3 Å². The molecule has 0 fully saturated rings. The fraction of sp³-hybridized carbons (Fsp3) is 0.462. The van der Waals surface area contributed by atoms with Crippen LogP contribution in [-0.2, 0) is 13.0 Å². The quantitative estimate of drug-likeness (QED) is 0.904. The van der Waals surface area contributed by atoms with Crippen LogP contribution in [0.1, 0.15) is 28.1 Å². The maximum atomic E-state index is 5.79. The molecule has 0 radical (unpaired) electrons. The number of rotatable bonds is 4. The van der Waals surface area contributed by atoms with Gasteiger partial charge in [-0.15, -0.1) is 11.3 Å². The van der Waals surface area contributed by atoms with Crippen LogP contribution in [0.25, 0.3) is 0 Å². The standard InChI is InChI=1S/C13H19N3S/c1-9(14)6-12-4-5-16(7-12)8-13-15-10(2)11(3)17-13/h4-5,7,9H,6,8,14H2,1-3H3. The number of aryl methyl sites for hydroxylation is 2. The Kier molecular flexibility index (Phi) is 3.64. The average molecular weight is 249 g/mol. The summed E-state index contributed by atoms with van der Waals surface area (Å²) in [4.78, 5) is 5.86. The van der Waals surface area contributed by atoms with Gasteiger partial charge in [0.25, 0.3) is 0 Å². The smallest absolute Gasteiger partial charge is 0.113 e. The van der Waals surface area contributed by atoms with Crippen LogP contribution in [-0.4, -0.2) is 15.6 Å². The van der Waals surface area contributed by atoms with E-state index in [0.29, 0.717) is 0 Å². The van der Waals surface area contributed by atoms with E-state index >= 15 is 0 Å². The summed E-state index contributed by atoms with van der Waals surface area (Å²) in [5.74, 6) is 0. The highest BCUT2D eigenvalue weighted by Crippen LogP contribution is 2.17. The fourth-order valence-electron chi connectivity index (χ4n) is 1.84. The van der Waals surface area contributed by atoms with Crippen LogP contribution in [0, 0.1) is 13.8 Å². The van der Waals surface area contributed by atoms with E-state index in [1.165, 1.54) is 15.4 Å². The molecular weight excluding hydrogens is 230 g/mol. The highest BCUT2D eigenvalue weighted by molar-refractivity contribution is 7.11. The number of nitrogens with zero attached hydrogens (tertiary/aromatic N) is 2. The molecule has 0 spiro atoms. The van der Waals surface area contributed by atoms with Gasteiger partial charge in [-0.3, -0.25) is 0 Å². The Morgan fingerprint density at radius 3 is 2.82 bits per heavy atom. The van der Waals surface area contributed by atoms with Gasteiger partial charge in [0.05, 0.1) is 12.2 Å². The van der Waals surface area contributed by atoms with Crippen molar-refractivity contribution in [3.05, 3.63) is 39.6 Å². The van der Waals surface area contributed by atoms with E-state index in [9.17, 15) is 0 Å². The van der Waals surface area contributed by atoms with Gasteiger partial charge < -0.3 is 10.3 Å². The Labute approximate surface area is 106 Å². The van der Waals surface area contributed by atoms with Crippen LogP contribution < -0.4 is 5.73 Å². The third-order valence-electron chi connectivity index (χ3n) is 2.76. The van der Waals surface area contributed by atoms with E-state index in [2.05, 4.69) is 41.9 Å². The van der Waals surface area contributed by atoms with Crippen molar-refractivity contribution in [3.63, 3.8) is 0 Å². The van der Waals surface area contributed by atoms with Crippen LogP contribution in [0.2, 0.25) is 0 Å². The van der Waals surface area contributed by atoms with E-state index in [0.717, 1.165) is 18.7 Å². The second kappa shape index (κ2) is 5.02. The van der Waals surface area contributed by atoms with Crippen LogP contribution in [0.3, 0.4) is 0 Å². The molecule has 0 bridgehead atoms. The third kappa shape index (κ3) is 3.17. The SMILES string of the molecule is Cc1nc(Cn2ccc(CC(C)N)c2)sc1C. The summed E-state index contributed by atoms with van der Waals surface area (Å²) in [7, 11) is 0. The zero-order chi connectivity index (χ0) is 12.4. The molecule has 1 unspecified atom stereocenters. The number of hydrogen-bond donors (Lipinski definition) is 1. The molecule has 0 aromatic carbocycles. The lowest BCUT2D eigenvalue weighted by Crippen LogP contribution is -2.17. The molecule has 92 valence electrons. The minimum atomic E-state index is 0.218. The predicted octanol–water partition coefficient (Wildman–Crippen LogP) is 2.50. The van der Waals surface area contributed by atoms with Gasteiger partial charge in [-0.05, 0) is 38.8 Å². The number of aromatic nitrogens is 2. The molecule has 3 nitrogen and oxygen atoms in total. The van der Waals surface area contributed by atoms with Crippen molar-refractivity contribution in [2.45, 2.75) is 39.8 Å². The average Bonchev–Trinajstić information content (AvgIpc) is 2.75. The summed E-state index contributed by atoms with van der Waals surface area (Å²) in [6.07, 6.45) is 5.20. The molecule has 2 rings (SSSR count). The van der Waals surface area contributed by atoms with Crippen LogP contribution in [0.15, 0.2) is 18.5 Å². The maximum Gasteiger partial charge on any atom is 0.113 e. The van der Waals surface area contributed by atoms with Gasteiger partial charge in [0.2, 0.25) is 0 Å². The number of hydrogen-bond acceptors (Lipinski definition) is 3. The molecule has 2 N–H and O–H groups in total. The van der Waals surface area contributed by atoms with Crippen molar-refractivity contribution in [2.24, 2.45) is 5.73 Å². The minimum absolute atomic E-state index is 0.218. The Morgan fingerprint density at radius 1 is 1.47 bits per heavy atom. The molecule has 17 heavy (non-hydrogen) atoms. The molecule has 2 aromatic rings. The first-order valence-corrected chi connectivity index (χ1v) is 6.69. The van der Waals surface area contributed by atoms with Crippen LogP contribution in [0.4, 0.5) is 0 Å². The largest absolute Gasteiger partial charge is 0.347 e. The van der Waals surface area contributed by atoms with Gasteiger partial charge in [0.1, 0.15) is 5.01 Å². The lowest BCUT2D eigenvalue weighted by Gasteiger charge is -2.01. The van der Waals surface area contributed by atoms with E-state index in [-0.39, 0.29) is 6.04 Å². The van der Waals surface area contributed by atoms with E-state index in [1.54, 1.807) is 11.3 Å². The molecule has 0 amide bonds. The van der Waals surface area contributed by atoms with Gasteiger partial charge in [0, 0.05) is 23.3 Å². The topological polar surface area (TPSA) is 43.8 Å². The van der Waals surface area contributed by atoms with Gasteiger partial charge in [-0.2, -0.15) is 0 Å². The molecule has 0 aliphatic rings. The van der Waals surface area contributed by atoms with Crippen molar-refractivity contribution in [1.82, 2.24) is 9.55 Å². The molecule has 0 aliphatic heterocycles. The minimum Gasteiger partial charge on any atom is -0.347 e. The number of nitrogens with two attached hydrogens (primary N) is 1. The summed E-state index contributed by atoms with van der Waals surface area (Å²) in [5, 5.41) is 1.17. The second-order valence-corrected chi connectivity index (χ2v) is 5.91. The highest BCUT2D eigenvalue weighted by Gasteiger charge is 2.05. The Hall–Kier alpha value is -1.13. The van der Waals surface area contributed by atoms with Gasteiger partial charge in [0.15, 0.2) is 0 Å². The lowest BCUT2D eigenvalue weighted by atomic mass is 10.1. The van der Waals surface area contributed by atoms with Crippen molar-refractivity contribution >= 4 is 11.3 Å². The molecule has 0 aliphatic carbocycles. The van der Waals surface area contributed by atoms with Crippen LogP contribution in [0.5, 0.6) is 0 Å². The molecule has 0 saturated carbocycles. The summed E-state index contributed by atoms with van der Waals surface area (Å²) < 4.78 is 2.18. The third-order valence-corrected chi connectivity index (χ3v) is 3.82. The van der Waals surface area contributed by atoms with Crippen molar-refractivity contribution in [1.29, 1.82) is 0 Å². The molecule has 0 saturated heterocycles. The lowest BCUT2D eigenvalue weighted by molar-refractivity contribution is 0.731. The first-order valence-electron chi connectivity index (χ1n) is 5.87. The zero-order valence-electron chi connectivity index (χ0n) is 10.6. The van der Waals surface area contributed by atoms with E-state index < -0.39 is 0 Å². The predicted molar refractivity (Wildman–Crippen MR) is 72.5 cm³/mol. The second-order valence-electron chi connectivity index (χ2n) is 4.62. The van der Waals surface area contributed by atoms with Gasteiger partial charge in [-0.25, -0.2) is 4.98 Å². The first-order chi connectivity index (χ1) is 8.04. The number of thiazole rings is 1. The summed E-state index contributed by atoms with van der Waals surface area (Å²) in [6, 6.07) is 2.35. The summed E-state index contributed by atoms with van der Waals surface area (Å²) in [5.41, 5.74) is 8.23. The highest BCUT2D eigenvalue weighted by atomic mass is 32.1. The Morgan fingerprint density at radius 2 is 2.24 bits per heavy atom. The zero-order valence-corrected chi connectivity index (χ0v) is 11.4. The molecule has 1 atom stereocenters. The Bertz CT molecular complexity index is 477. The van der Waals surface area contributed by atoms with Gasteiger partial charge >= 0.3 is 0 Å². The van der Waals surface area contributed by atoms with Crippen molar-refractivity contribution < 1.29 is 0 Å². The van der Waals surface area contributed by atoms with Gasteiger partial charge in [-0.1, -0.05) is 0 Å². The molecule has 4 heteroatoms. The Balaban J connectivity index is 2.06. The molecular formula is C13H19N3S. The first kappa shape index (κ1) is 12.3. The summed E-state index contributed by atoms with van der Waals surface area (Å²) in [6.45, 7) is 7.07. The molecule has 2 aromatic heterocycles. The van der Waals surface area contributed by atoms with Crippen molar-refractivity contribution in [2.75, 3.05) is 0 Å².